The van der Waals surface area contributed by atoms with Gasteiger partial charge in [-0.3, -0.25) is 9.69 Å². The molecule has 2 aliphatic rings. The third-order valence-corrected chi connectivity index (χ3v) is 5.19. The first-order valence-electron chi connectivity index (χ1n) is 8.30. The van der Waals surface area contributed by atoms with Crippen LogP contribution in [0.1, 0.15) is 5.56 Å². The van der Waals surface area contributed by atoms with Crippen molar-refractivity contribution < 1.29 is 14.3 Å². The van der Waals surface area contributed by atoms with Crippen molar-refractivity contribution in [2.24, 2.45) is 0 Å². The number of carbonyl (C=O) groups excluding carboxylic acids is 1. The lowest BCUT2D eigenvalue weighted by Gasteiger charge is -2.34. The fourth-order valence-electron chi connectivity index (χ4n) is 2.98. The second-order valence-electron chi connectivity index (χ2n) is 6.04. The van der Waals surface area contributed by atoms with E-state index in [9.17, 15) is 4.79 Å². The van der Waals surface area contributed by atoms with Crippen LogP contribution < -0.4 is 19.7 Å². The van der Waals surface area contributed by atoms with Gasteiger partial charge in [-0.2, -0.15) is 0 Å². The number of nitrogens with one attached hydrogen (secondary N) is 1. The van der Waals surface area contributed by atoms with E-state index in [0.717, 1.165) is 48.4 Å². The largest absolute Gasteiger partial charge is 0.454 e. The first-order valence-corrected chi connectivity index (χ1v) is 9.18. The van der Waals surface area contributed by atoms with Gasteiger partial charge in [0.2, 0.25) is 12.7 Å². The second-order valence-corrected chi connectivity index (χ2v) is 6.92. The standard InChI is InChI=1S/C17H20N4O3S/c22-16(19-10-13-1-2-14-15(9-13)24-12-23-14)11-20-4-6-21(7-5-20)17-18-3-8-25-17/h1-3,8-9H,4-7,10-12H2,(H,19,22). The maximum Gasteiger partial charge on any atom is 0.234 e. The molecule has 0 aliphatic carbocycles. The molecule has 4 rings (SSSR count). The Balaban J connectivity index is 1.22. The van der Waals surface area contributed by atoms with Crippen LogP contribution in [0.4, 0.5) is 5.13 Å². The molecule has 0 atom stereocenters. The minimum atomic E-state index is 0.0420. The maximum atomic E-state index is 12.2. The highest BCUT2D eigenvalue weighted by molar-refractivity contribution is 7.13. The molecule has 132 valence electrons. The highest BCUT2D eigenvalue weighted by atomic mass is 32.1. The number of aromatic nitrogens is 1. The predicted molar refractivity (Wildman–Crippen MR) is 95.2 cm³/mol. The van der Waals surface area contributed by atoms with Crippen LogP contribution in [-0.2, 0) is 11.3 Å². The van der Waals surface area contributed by atoms with Gasteiger partial charge in [0.05, 0.1) is 6.54 Å². The van der Waals surface area contributed by atoms with Gasteiger partial charge >= 0.3 is 0 Å². The average Bonchev–Trinajstić information content (AvgIpc) is 3.32. The zero-order chi connectivity index (χ0) is 17.1. The van der Waals surface area contributed by atoms with Crippen LogP contribution in [0.15, 0.2) is 29.8 Å². The first kappa shape index (κ1) is 16.2. The number of piperazine rings is 1. The lowest BCUT2D eigenvalue weighted by molar-refractivity contribution is -0.122. The van der Waals surface area contributed by atoms with Crippen LogP contribution in [0.3, 0.4) is 0 Å². The van der Waals surface area contributed by atoms with E-state index in [0.29, 0.717) is 13.1 Å². The number of hydrogen-bond donors (Lipinski definition) is 1. The molecule has 1 N–H and O–H groups in total. The van der Waals surface area contributed by atoms with E-state index >= 15 is 0 Å². The number of amides is 1. The molecule has 25 heavy (non-hydrogen) atoms. The number of thiazole rings is 1. The Labute approximate surface area is 150 Å². The third kappa shape index (κ3) is 3.85. The molecule has 0 saturated carbocycles. The fourth-order valence-corrected chi connectivity index (χ4v) is 3.68. The van der Waals surface area contributed by atoms with Gasteiger partial charge in [-0.15, -0.1) is 11.3 Å². The summed E-state index contributed by atoms with van der Waals surface area (Å²) in [5.41, 5.74) is 1.01. The Bertz CT molecular complexity index is 729. The summed E-state index contributed by atoms with van der Waals surface area (Å²) in [6.45, 7) is 4.74. The molecule has 3 heterocycles. The van der Waals surface area contributed by atoms with Crippen LogP contribution in [0.2, 0.25) is 0 Å². The molecule has 2 aliphatic heterocycles. The molecule has 1 amide bonds. The van der Waals surface area contributed by atoms with Crippen LogP contribution in [0.25, 0.3) is 0 Å². The zero-order valence-electron chi connectivity index (χ0n) is 13.8. The number of hydrogen-bond acceptors (Lipinski definition) is 7. The summed E-state index contributed by atoms with van der Waals surface area (Å²) in [7, 11) is 0. The maximum absolute atomic E-state index is 12.2. The van der Waals surface area contributed by atoms with E-state index in [1.807, 2.05) is 29.8 Å². The van der Waals surface area contributed by atoms with Gasteiger partial charge in [0, 0.05) is 44.3 Å². The molecule has 0 radical (unpaired) electrons. The highest BCUT2D eigenvalue weighted by Gasteiger charge is 2.20. The molecule has 0 bridgehead atoms. The van der Waals surface area contributed by atoms with E-state index in [-0.39, 0.29) is 12.7 Å². The molecular formula is C17H20N4O3S. The van der Waals surface area contributed by atoms with Gasteiger partial charge in [0.25, 0.3) is 0 Å². The Hall–Kier alpha value is -2.32. The number of ether oxygens (including phenoxy) is 2. The number of rotatable bonds is 5. The van der Waals surface area contributed by atoms with E-state index in [1.54, 1.807) is 11.3 Å². The van der Waals surface area contributed by atoms with E-state index in [4.69, 9.17) is 9.47 Å². The molecule has 1 fully saturated rings. The molecule has 8 heteroatoms. The number of benzene rings is 1. The molecule has 0 unspecified atom stereocenters. The number of nitrogens with zero attached hydrogens (tertiary/aromatic N) is 3. The lowest BCUT2D eigenvalue weighted by atomic mass is 10.2. The van der Waals surface area contributed by atoms with Crippen molar-refractivity contribution in [1.82, 2.24) is 15.2 Å². The van der Waals surface area contributed by atoms with Gasteiger partial charge < -0.3 is 19.7 Å². The molecule has 0 spiro atoms. The molecule has 1 aromatic carbocycles. The summed E-state index contributed by atoms with van der Waals surface area (Å²) >= 11 is 1.66. The summed E-state index contributed by atoms with van der Waals surface area (Å²) in [4.78, 5) is 21.0. The monoisotopic (exact) mass is 360 g/mol. The second kappa shape index (κ2) is 7.28. The SMILES string of the molecule is O=C(CN1CCN(c2nccs2)CC1)NCc1ccc2c(c1)OCO2. The van der Waals surface area contributed by atoms with Gasteiger partial charge in [-0.25, -0.2) is 4.98 Å². The Morgan fingerprint density at radius 1 is 1.20 bits per heavy atom. The molecule has 2 aromatic rings. The lowest BCUT2D eigenvalue weighted by Crippen LogP contribution is -2.49. The fraction of sp³-hybridized carbons (Fsp3) is 0.412. The van der Waals surface area contributed by atoms with Crippen molar-refractivity contribution in [2.75, 3.05) is 44.4 Å². The Kier molecular flexibility index (Phi) is 4.71. The van der Waals surface area contributed by atoms with Gasteiger partial charge in [0.15, 0.2) is 16.6 Å². The minimum Gasteiger partial charge on any atom is -0.454 e. The molecule has 7 nitrogen and oxygen atoms in total. The van der Waals surface area contributed by atoms with Crippen molar-refractivity contribution in [2.45, 2.75) is 6.54 Å². The summed E-state index contributed by atoms with van der Waals surface area (Å²) < 4.78 is 10.6. The first-order chi connectivity index (χ1) is 12.3. The number of carbonyl (C=O) groups is 1. The quantitative estimate of drug-likeness (QED) is 0.867. The smallest absolute Gasteiger partial charge is 0.234 e. The average molecular weight is 360 g/mol. The van der Waals surface area contributed by atoms with Crippen LogP contribution >= 0.6 is 11.3 Å². The summed E-state index contributed by atoms with van der Waals surface area (Å²) in [6.07, 6.45) is 1.83. The zero-order valence-corrected chi connectivity index (χ0v) is 14.6. The topological polar surface area (TPSA) is 66.9 Å². The highest BCUT2D eigenvalue weighted by Crippen LogP contribution is 2.32. The predicted octanol–water partition coefficient (Wildman–Crippen LogP) is 1.31. The number of fused-ring (bicyclic) bond motifs is 1. The molecule has 1 saturated heterocycles. The summed E-state index contributed by atoms with van der Waals surface area (Å²) in [5, 5.41) is 6.03. The Morgan fingerprint density at radius 2 is 2.04 bits per heavy atom. The normalized spacial score (nSPS) is 16.9. The van der Waals surface area contributed by atoms with Gasteiger partial charge in [-0.1, -0.05) is 6.07 Å². The van der Waals surface area contributed by atoms with Crippen molar-refractivity contribution in [3.05, 3.63) is 35.3 Å². The van der Waals surface area contributed by atoms with E-state index in [2.05, 4.69) is 20.1 Å². The Morgan fingerprint density at radius 3 is 2.84 bits per heavy atom. The molecule has 1 aromatic heterocycles. The third-order valence-electron chi connectivity index (χ3n) is 4.36. The van der Waals surface area contributed by atoms with E-state index in [1.165, 1.54) is 0 Å². The summed E-state index contributed by atoms with van der Waals surface area (Å²) in [5.74, 6) is 1.54. The number of anilines is 1. The van der Waals surface area contributed by atoms with Crippen LogP contribution in [-0.4, -0.2) is 55.3 Å². The van der Waals surface area contributed by atoms with Crippen molar-refractivity contribution in [3.63, 3.8) is 0 Å². The van der Waals surface area contributed by atoms with Gasteiger partial charge in [-0.05, 0) is 17.7 Å². The van der Waals surface area contributed by atoms with Crippen LogP contribution in [0, 0.1) is 0 Å². The van der Waals surface area contributed by atoms with Crippen molar-refractivity contribution in [3.8, 4) is 11.5 Å². The van der Waals surface area contributed by atoms with Gasteiger partial charge in [0.1, 0.15) is 0 Å². The molecular weight excluding hydrogens is 340 g/mol. The van der Waals surface area contributed by atoms with Crippen molar-refractivity contribution in [1.29, 1.82) is 0 Å². The van der Waals surface area contributed by atoms with E-state index < -0.39 is 0 Å². The minimum absolute atomic E-state index is 0.0420. The van der Waals surface area contributed by atoms with Crippen LogP contribution in [0.5, 0.6) is 11.5 Å². The summed E-state index contributed by atoms with van der Waals surface area (Å²) in [6, 6.07) is 5.73. The van der Waals surface area contributed by atoms with Crippen molar-refractivity contribution >= 4 is 22.4 Å².